The van der Waals surface area contributed by atoms with Crippen molar-refractivity contribution in [3.63, 3.8) is 0 Å². The van der Waals surface area contributed by atoms with Crippen LogP contribution in [0.1, 0.15) is 11.1 Å². The summed E-state index contributed by atoms with van der Waals surface area (Å²) in [5.41, 5.74) is 0.0544. The van der Waals surface area contributed by atoms with Crippen molar-refractivity contribution in [2.75, 3.05) is 5.32 Å². The van der Waals surface area contributed by atoms with Crippen LogP contribution in [0.3, 0.4) is 0 Å². The van der Waals surface area contributed by atoms with Gasteiger partial charge in [0.2, 0.25) is 11.1 Å². The number of anilines is 1. The van der Waals surface area contributed by atoms with Gasteiger partial charge >= 0.3 is 5.69 Å². The van der Waals surface area contributed by atoms with Gasteiger partial charge in [0.1, 0.15) is 12.0 Å². The lowest BCUT2D eigenvalue weighted by atomic mass is 10.1. The molecule has 2 rings (SSSR count). The van der Waals surface area contributed by atoms with Crippen LogP contribution in [-0.2, 0) is 6.54 Å². The third kappa shape index (κ3) is 3.40. The van der Waals surface area contributed by atoms with E-state index in [4.69, 9.17) is 16.9 Å². The summed E-state index contributed by atoms with van der Waals surface area (Å²) in [6.07, 6.45) is 0.965. The summed E-state index contributed by atoms with van der Waals surface area (Å²) in [4.78, 5) is 17.4. The molecule has 1 heterocycles. The molecule has 21 heavy (non-hydrogen) atoms. The van der Waals surface area contributed by atoms with Gasteiger partial charge < -0.3 is 5.32 Å². The second-order valence-corrected chi connectivity index (χ2v) is 4.24. The molecular formula is C12H7ClFN5O2. The van der Waals surface area contributed by atoms with Gasteiger partial charge in [-0.2, -0.15) is 10.2 Å². The average Bonchev–Trinajstić information content (AvgIpc) is 2.45. The molecule has 2 aromatic rings. The minimum absolute atomic E-state index is 0.0499. The predicted octanol–water partition coefficient (Wildman–Crippen LogP) is 2.66. The second-order valence-electron chi connectivity index (χ2n) is 3.90. The molecule has 0 radical (unpaired) electrons. The minimum atomic E-state index is -0.673. The Kier molecular flexibility index (Phi) is 4.25. The zero-order valence-corrected chi connectivity index (χ0v) is 11.1. The lowest BCUT2D eigenvalue weighted by molar-refractivity contribution is -0.384. The highest BCUT2D eigenvalue weighted by Crippen LogP contribution is 2.23. The lowest BCUT2D eigenvalue weighted by Crippen LogP contribution is -2.07. The van der Waals surface area contributed by atoms with E-state index in [1.807, 2.05) is 6.07 Å². The Labute approximate surface area is 123 Å². The number of hydrogen-bond acceptors (Lipinski definition) is 6. The molecule has 0 aliphatic rings. The first kappa shape index (κ1) is 14.6. The number of nitrogens with one attached hydrogen (secondary N) is 1. The molecule has 1 N–H and O–H groups in total. The number of halogens is 2. The number of nitriles is 1. The van der Waals surface area contributed by atoms with Crippen LogP contribution in [0.4, 0.5) is 15.9 Å². The van der Waals surface area contributed by atoms with Crippen molar-refractivity contribution in [3.05, 3.63) is 56.7 Å². The molecule has 0 bridgehead atoms. The average molecular weight is 308 g/mol. The topological polar surface area (TPSA) is 105 Å². The molecule has 0 saturated carbocycles. The normalized spacial score (nSPS) is 9.95. The molecule has 0 aliphatic carbocycles. The van der Waals surface area contributed by atoms with Crippen LogP contribution in [0, 0.1) is 27.3 Å². The highest BCUT2D eigenvalue weighted by Gasteiger charge is 2.17. The standard InChI is InChI=1S/C12H7ClFN5O2/c13-12-17-6-10(19(20)21)11(18-12)16-5-8-2-1-7(4-15)3-9(8)14/h1-3,6H,5H2,(H,16,17,18). The molecule has 1 aromatic carbocycles. The van der Waals surface area contributed by atoms with Gasteiger partial charge in [-0.05, 0) is 23.7 Å². The van der Waals surface area contributed by atoms with E-state index in [0.717, 1.165) is 12.3 Å². The molecule has 106 valence electrons. The van der Waals surface area contributed by atoms with Crippen molar-refractivity contribution in [2.24, 2.45) is 0 Å². The Hall–Kier alpha value is -2.79. The van der Waals surface area contributed by atoms with Crippen LogP contribution in [0.25, 0.3) is 0 Å². The van der Waals surface area contributed by atoms with Crippen molar-refractivity contribution in [1.82, 2.24) is 9.97 Å². The summed E-state index contributed by atoms with van der Waals surface area (Å²) in [5.74, 6) is -0.701. The van der Waals surface area contributed by atoms with Crippen LogP contribution in [0.15, 0.2) is 24.4 Å². The Balaban J connectivity index is 2.22. The van der Waals surface area contributed by atoms with Crippen molar-refractivity contribution < 1.29 is 9.31 Å². The predicted molar refractivity (Wildman–Crippen MR) is 72.1 cm³/mol. The van der Waals surface area contributed by atoms with Gasteiger partial charge in [0.05, 0.1) is 16.6 Å². The van der Waals surface area contributed by atoms with E-state index in [9.17, 15) is 14.5 Å². The minimum Gasteiger partial charge on any atom is -0.360 e. The van der Waals surface area contributed by atoms with Crippen molar-refractivity contribution in [1.29, 1.82) is 5.26 Å². The molecule has 0 unspecified atom stereocenters. The smallest absolute Gasteiger partial charge is 0.329 e. The fourth-order valence-corrected chi connectivity index (χ4v) is 1.69. The van der Waals surface area contributed by atoms with Gasteiger partial charge in [0, 0.05) is 12.1 Å². The molecule has 0 fully saturated rings. The fourth-order valence-electron chi connectivity index (χ4n) is 1.56. The van der Waals surface area contributed by atoms with Gasteiger partial charge in [-0.15, -0.1) is 0 Å². The molecule has 7 nitrogen and oxygen atoms in total. The third-order valence-electron chi connectivity index (χ3n) is 2.57. The molecule has 0 spiro atoms. The van der Waals surface area contributed by atoms with Gasteiger partial charge in [0.15, 0.2) is 0 Å². The second kappa shape index (κ2) is 6.11. The summed E-state index contributed by atoms with van der Waals surface area (Å²) >= 11 is 5.58. The van der Waals surface area contributed by atoms with E-state index in [1.54, 1.807) is 0 Å². The quantitative estimate of drug-likeness (QED) is 0.529. The summed E-state index contributed by atoms with van der Waals surface area (Å²) in [6.45, 7) is -0.0499. The molecule has 0 amide bonds. The van der Waals surface area contributed by atoms with E-state index < -0.39 is 10.7 Å². The van der Waals surface area contributed by atoms with Crippen LogP contribution < -0.4 is 5.32 Å². The van der Waals surface area contributed by atoms with Crippen molar-refractivity contribution in [3.8, 4) is 6.07 Å². The van der Waals surface area contributed by atoms with Crippen LogP contribution in [-0.4, -0.2) is 14.9 Å². The Morgan fingerprint density at radius 3 is 2.90 bits per heavy atom. The summed E-state index contributed by atoms with van der Waals surface area (Å²) in [5, 5.41) is 21.9. The third-order valence-corrected chi connectivity index (χ3v) is 2.75. The van der Waals surface area contributed by atoms with E-state index in [1.165, 1.54) is 12.1 Å². The summed E-state index contributed by atoms with van der Waals surface area (Å²) < 4.78 is 13.7. The maximum absolute atomic E-state index is 13.7. The van der Waals surface area contributed by atoms with Crippen LogP contribution >= 0.6 is 11.6 Å². The van der Waals surface area contributed by atoms with Crippen LogP contribution in [0.2, 0.25) is 5.28 Å². The first-order chi connectivity index (χ1) is 10.0. The SMILES string of the molecule is N#Cc1ccc(CNc2nc(Cl)ncc2[N+](=O)[O-])c(F)c1. The van der Waals surface area contributed by atoms with E-state index in [2.05, 4.69) is 15.3 Å². The zero-order valence-electron chi connectivity index (χ0n) is 10.4. The first-order valence-corrected chi connectivity index (χ1v) is 5.98. The van der Waals surface area contributed by atoms with Crippen molar-refractivity contribution in [2.45, 2.75) is 6.54 Å². The maximum atomic E-state index is 13.7. The number of nitrogens with zero attached hydrogens (tertiary/aromatic N) is 4. The van der Waals surface area contributed by atoms with Gasteiger partial charge in [-0.3, -0.25) is 10.1 Å². The van der Waals surface area contributed by atoms with Gasteiger partial charge in [-0.1, -0.05) is 6.07 Å². The molecule has 1 aromatic heterocycles. The molecule has 0 saturated heterocycles. The van der Waals surface area contributed by atoms with Crippen LogP contribution in [0.5, 0.6) is 0 Å². The highest BCUT2D eigenvalue weighted by molar-refractivity contribution is 6.28. The molecule has 9 heteroatoms. The Morgan fingerprint density at radius 1 is 1.52 bits per heavy atom. The number of hydrogen-bond donors (Lipinski definition) is 1. The van der Waals surface area contributed by atoms with Gasteiger partial charge in [-0.25, -0.2) is 9.37 Å². The highest BCUT2D eigenvalue weighted by atomic mass is 35.5. The Bertz CT molecular complexity index is 747. The zero-order chi connectivity index (χ0) is 15.4. The number of aromatic nitrogens is 2. The summed E-state index contributed by atoms with van der Waals surface area (Å²) in [7, 11) is 0. The molecule has 0 aliphatic heterocycles. The van der Waals surface area contributed by atoms with E-state index in [0.29, 0.717) is 0 Å². The first-order valence-electron chi connectivity index (χ1n) is 5.60. The monoisotopic (exact) mass is 307 g/mol. The lowest BCUT2D eigenvalue weighted by Gasteiger charge is -2.07. The number of nitro groups is 1. The van der Waals surface area contributed by atoms with Crippen molar-refractivity contribution >= 4 is 23.1 Å². The summed E-state index contributed by atoms with van der Waals surface area (Å²) in [6, 6.07) is 5.75. The Morgan fingerprint density at radius 2 is 2.29 bits per heavy atom. The fraction of sp³-hybridized carbons (Fsp3) is 0.0833. The van der Waals surface area contributed by atoms with E-state index >= 15 is 0 Å². The van der Waals surface area contributed by atoms with E-state index in [-0.39, 0.29) is 34.5 Å². The molecule has 0 atom stereocenters. The maximum Gasteiger partial charge on any atom is 0.329 e. The number of benzene rings is 1. The largest absolute Gasteiger partial charge is 0.360 e. The number of rotatable bonds is 4. The van der Waals surface area contributed by atoms with Gasteiger partial charge in [0.25, 0.3) is 0 Å². The molecular weight excluding hydrogens is 301 g/mol.